The van der Waals surface area contributed by atoms with Crippen LogP contribution in [0.3, 0.4) is 0 Å². The lowest BCUT2D eigenvalue weighted by Crippen LogP contribution is -2.50. The third kappa shape index (κ3) is 5.82. The smallest absolute Gasteiger partial charge is 0.312 e. The number of thioether (sulfide) groups is 1. The largest absolute Gasteiger partial charge is 0.481 e. The van der Waals surface area contributed by atoms with Gasteiger partial charge in [-0.3, -0.25) is 9.59 Å². The van der Waals surface area contributed by atoms with Crippen LogP contribution in [0.2, 0.25) is 0 Å². The van der Waals surface area contributed by atoms with E-state index < -0.39 is 18.0 Å². The Balaban J connectivity index is 2.48. The molecule has 0 heterocycles. The predicted molar refractivity (Wildman–Crippen MR) is 81.0 cm³/mol. The minimum atomic E-state index is -0.805. The maximum atomic E-state index is 12.1. The van der Waals surface area contributed by atoms with Crippen molar-refractivity contribution in [2.45, 2.75) is 31.7 Å². The van der Waals surface area contributed by atoms with Gasteiger partial charge in [-0.25, -0.2) is 4.79 Å². The highest BCUT2D eigenvalue weighted by Gasteiger charge is 2.33. The molecule has 3 atom stereocenters. The summed E-state index contributed by atoms with van der Waals surface area (Å²) in [6.07, 6.45) is 4.73. The van der Waals surface area contributed by atoms with Gasteiger partial charge in [-0.15, -0.1) is 0 Å². The lowest BCUT2D eigenvalue weighted by atomic mass is 9.96. The van der Waals surface area contributed by atoms with Crippen molar-refractivity contribution in [2.75, 3.05) is 18.6 Å². The molecule has 3 amide bonds. The molecule has 1 aliphatic rings. The van der Waals surface area contributed by atoms with Crippen molar-refractivity contribution in [3.8, 4) is 0 Å². The summed E-state index contributed by atoms with van der Waals surface area (Å²) in [5.74, 6) is -0.820. The highest BCUT2D eigenvalue weighted by atomic mass is 32.2. The number of aliphatic carboxylic acids is 1. The zero-order valence-corrected chi connectivity index (χ0v) is 12.9. The van der Waals surface area contributed by atoms with Gasteiger partial charge in [-0.05, 0) is 37.2 Å². The van der Waals surface area contributed by atoms with E-state index in [4.69, 9.17) is 10.8 Å². The first-order valence-corrected chi connectivity index (χ1v) is 8.40. The summed E-state index contributed by atoms with van der Waals surface area (Å²) in [6, 6.07) is -1.40. The van der Waals surface area contributed by atoms with Crippen molar-refractivity contribution in [2.24, 2.45) is 17.6 Å². The van der Waals surface area contributed by atoms with Crippen molar-refractivity contribution in [3.05, 3.63) is 0 Å². The molecule has 0 saturated heterocycles. The van der Waals surface area contributed by atoms with E-state index in [1.54, 1.807) is 11.8 Å². The Labute approximate surface area is 128 Å². The Morgan fingerprint density at radius 1 is 1.38 bits per heavy atom. The van der Waals surface area contributed by atoms with Crippen molar-refractivity contribution < 1.29 is 19.5 Å². The molecule has 21 heavy (non-hydrogen) atoms. The Morgan fingerprint density at radius 2 is 2.10 bits per heavy atom. The van der Waals surface area contributed by atoms with Gasteiger partial charge in [0.1, 0.15) is 6.04 Å². The number of carbonyl (C=O) groups is 3. The van der Waals surface area contributed by atoms with Crippen LogP contribution in [0.25, 0.3) is 0 Å². The first kappa shape index (κ1) is 17.6. The maximum Gasteiger partial charge on any atom is 0.312 e. The first-order valence-electron chi connectivity index (χ1n) is 7.01. The number of amides is 3. The highest BCUT2D eigenvalue weighted by Crippen LogP contribution is 2.31. The molecule has 120 valence electrons. The van der Waals surface area contributed by atoms with Gasteiger partial charge in [0.25, 0.3) is 0 Å². The molecule has 1 rings (SSSR count). The molecule has 5 N–H and O–H groups in total. The van der Waals surface area contributed by atoms with Crippen molar-refractivity contribution >= 4 is 29.7 Å². The van der Waals surface area contributed by atoms with Crippen molar-refractivity contribution in [1.29, 1.82) is 0 Å². The Morgan fingerprint density at radius 3 is 2.67 bits per heavy atom. The zero-order chi connectivity index (χ0) is 15.8. The van der Waals surface area contributed by atoms with Crippen LogP contribution in [-0.2, 0) is 9.59 Å². The number of rotatable bonds is 8. The van der Waals surface area contributed by atoms with E-state index in [0.717, 1.165) is 18.6 Å². The summed E-state index contributed by atoms with van der Waals surface area (Å²) in [5, 5.41) is 14.3. The SMILES string of the molecule is CSCCC(NC(N)=O)C(=O)NCC1CCCC1C(=O)O. The van der Waals surface area contributed by atoms with Gasteiger partial charge in [0, 0.05) is 6.54 Å². The summed E-state index contributed by atoms with van der Waals surface area (Å²) < 4.78 is 0. The van der Waals surface area contributed by atoms with Crippen LogP contribution in [0, 0.1) is 11.8 Å². The van der Waals surface area contributed by atoms with Crippen molar-refractivity contribution in [3.63, 3.8) is 0 Å². The molecule has 3 unspecified atom stereocenters. The molecule has 0 spiro atoms. The minimum Gasteiger partial charge on any atom is -0.481 e. The monoisotopic (exact) mass is 317 g/mol. The van der Waals surface area contributed by atoms with Crippen LogP contribution in [0.4, 0.5) is 4.79 Å². The molecular weight excluding hydrogens is 294 g/mol. The fourth-order valence-corrected chi connectivity index (χ4v) is 3.11. The Hall–Kier alpha value is -1.44. The van der Waals surface area contributed by atoms with Gasteiger partial charge in [-0.2, -0.15) is 11.8 Å². The lowest BCUT2D eigenvalue weighted by Gasteiger charge is -2.20. The topological polar surface area (TPSA) is 122 Å². The lowest BCUT2D eigenvalue weighted by molar-refractivity contribution is -0.143. The summed E-state index contributed by atoms with van der Waals surface area (Å²) >= 11 is 1.57. The quantitative estimate of drug-likeness (QED) is 0.516. The normalized spacial score (nSPS) is 22.5. The van der Waals surface area contributed by atoms with Gasteiger partial charge >= 0.3 is 12.0 Å². The molecule has 1 saturated carbocycles. The number of primary amides is 1. The van der Waals surface area contributed by atoms with E-state index in [-0.39, 0.29) is 17.7 Å². The molecule has 7 nitrogen and oxygen atoms in total. The Bertz CT molecular complexity index is 392. The predicted octanol–water partition coefficient (Wildman–Crippen LogP) is 0.394. The van der Waals surface area contributed by atoms with Gasteiger partial charge < -0.3 is 21.5 Å². The number of hydrogen-bond donors (Lipinski definition) is 4. The molecule has 0 aromatic carbocycles. The fraction of sp³-hybridized carbons (Fsp3) is 0.769. The molecular formula is C13H23N3O4S. The molecule has 0 aliphatic heterocycles. The summed E-state index contributed by atoms with van der Waals surface area (Å²) in [4.78, 5) is 34.1. The van der Waals surface area contributed by atoms with Crippen molar-refractivity contribution in [1.82, 2.24) is 10.6 Å². The number of carboxylic acids is 1. The van der Waals surface area contributed by atoms with Crippen LogP contribution in [0.15, 0.2) is 0 Å². The molecule has 0 bridgehead atoms. The molecule has 0 aromatic heterocycles. The average Bonchev–Trinajstić information content (AvgIpc) is 2.89. The molecule has 1 fully saturated rings. The molecule has 0 radical (unpaired) electrons. The summed E-state index contributed by atoms with van der Waals surface area (Å²) in [7, 11) is 0. The maximum absolute atomic E-state index is 12.1. The third-order valence-corrected chi connectivity index (χ3v) is 4.40. The fourth-order valence-electron chi connectivity index (χ4n) is 2.64. The van der Waals surface area contributed by atoms with E-state index in [9.17, 15) is 14.4 Å². The van der Waals surface area contributed by atoms with Crippen LogP contribution in [-0.4, -0.2) is 47.6 Å². The molecule has 8 heteroatoms. The second-order valence-corrected chi connectivity index (χ2v) is 6.21. The van der Waals surface area contributed by atoms with Gasteiger partial charge in [0.05, 0.1) is 5.92 Å². The van der Waals surface area contributed by atoms with Crippen LogP contribution < -0.4 is 16.4 Å². The van der Waals surface area contributed by atoms with E-state index >= 15 is 0 Å². The molecule has 1 aliphatic carbocycles. The van der Waals surface area contributed by atoms with E-state index in [2.05, 4.69) is 10.6 Å². The van der Waals surface area contributed by atoms with E-state index in [1.165, 1.54) is 0 Å². The Kier molecular flexibility index (Phi) is 7.35. The van der Waals surface area contributed by atoms with Crippen LogP contribution in [0.1, 0.15) is 25.7 Å². The average molecular weight is 317 g/mol. The second-order valence-electron chi connectivity index (χ2n) is 5.22. The number of nitrogens with two attached hydrogens (primary N) is 1. The minimum absolute atomic E-state index is 0.0405. The standard InChI is InChI=1S/C13H23N3O4S/c1-21-6-5-10(16-13(14)20)11(17)15-7-8-3-2-4-9(8)12(18)19/h8-10H,2-7H2,1H3,(H,15,17)(H,18,19)(H3,14,16,20). The number of urea groups is 1. The summed E-state index contributed by atoms with van der Waals surface area (Å²) in [5.41, 5.74) is 5.07. The number of nitrogens with one attached hydrogen (secondary N) is 2. The van der Waals surface area contributed by atoms with E-state index in [1.807, 2.05) is 6.26 Å². The second kappa shape index (κ2) is 8.76. The number of carbonyl (C=O) groups excluding carboxylic acids is 2. The van der Waals surface area contributed by atoms with Crippen LogP contribution in [0.5, 0.6) is 0 Å². The van der Waals surface area contributed by atoms with Gasteiger partial charge in [-0.1, -0.05) is 6.42 Å². The molecule has 0 aromatic rings. The van der Waals surface area contributed by atoms with E-state index in [0.29, 0.717) is 19.4 Å². The summed E-state index contributed by atoms with van der Waals surface area (Å²) in [6.45, 7) is 0.325. The highest BCUT2D eigenvalue weighted by molar-refractivity contribution is 7.98. The number of hydrogen-bond acceptors (Lipinski definition) is 4. The first-order chi connectivity index (χ1) is 9.95. The van der Waals surface area contributed by atoms with Gasteiger partial charge in [0.2, 0.25) is 5.91 Å². The third-order valence-electron chi connectivity index (χ3n) is 3.76. The van der Waals surface area contributed by atoms with Crippen LogP contribution >= 0.6 is 11.8 Å². The number of carboxylic acid groups (broad SMARTS) is 1. The van der Waals surface area contributed by atoms with Gasteiger partial charge in [0.15, 0.2) is 0 Å². The zero-order valence-electron chi connectivity index (χ0n) is 12.1.